The largest absolute Gasteiger partial charge is 0.313 e. The summed E-state index contributed by atoms with van der Waals surface area (Å²) in [5.41, 5.74) is 0. The highest BCUT2D eigenvalue weighted by Gasteiger charge is 2.24. The number of quaternary nitrogens is 1. The maximum atomic E-state index is 11.5. The van der Waals surface area contributed by atoms with Crippen LogP contribution in [0.25, 0.3) is 0 Å². The van der Waals surface area contributed by atoms with E-state index in [1.165, 1.54) is 64.2 Å². The van der Waals surface area contributed by atoms with Crippen molar-refractivity contribution in [2.45, 2.75) is 90.9 Å². The molecule has 0 spiro atoms. The zero-order chi connectivity index (χ0) is 17.6. The van der Waals surface area contributed by atoms with Gasteiger partial charge < -0.3 is 0 Å². The lowest BCUT2D eigenvalue weighted by atomic mass is 10.1. The van der Waals surface area contributed by atoms with Crippen LogP contribution in [0.15, 0.2) is 0 Å². The van der Waals surface area contributed by atoms with Crippen LogP contribution in [0.1, 0.15) is 90.9 Å². The van der Waals surface area contributed by atoms with Gasteiger partial charge in [0.1, 0.15) is 6.54 Å². The molecule has 23 heavy (non-hydrogen) atoms. The first kappa shape index (κ1) is 22.9. The van der Waals surface area contributed by atoms with Gasteiger partial charge in [-0.3, -0.25) is 0 Å². The maximum absolute atomic E-state index is 11.5. The third-order valence-corrected chi connectivity index (χ3v) is 5.56. The summed E-state index contributed by atoms with van der Waals surface area (Å²) in [5, 5.41) is 0. The van der Waals surface area contributed by atoms with E-state index < -0.39 is 10.1 Å². The number of hydrogen-bond donors (Lipinski definition) is 0. The molecule has 140 valence electrons. The monoisotopic (exact) mass is 350 g/mol. The quantitative estimate of drug-likeness (QED) is 0.222. The zero-order valence-electron chi connectivity index (χ0n) is 16.0. The van der Waals surface area contributed by atoms with E-state index in [0.717, 1.165) is 19.4 Å². The number of unbranched alkanes of at least 4 members (excludes halogenated alkanes) is 11. The van der Waals surface area contributed by atoms with Gasteiger partial charge in [0, 0.05) is 0 Å². The lowest BCUT2D eigenvalue weighted by Gasteiger charge is -2.25. The molecule has 0 amide bonds. The summed E-state index contributed by atoms with van der Waals surface area (Å²) in [4.78, 5) is 0. The predicted molar refractivity (Wildman–Crippen MR) is 98.6 cm³/mol. The lowest BCUT2D eigenvalue weighted by Crippen LogP contribution is -2.42. The summed E-state index contributed by atoms with van der Waals surface area (Å²) in [6.45, 7) is 4.62. The third-order valence-electron chi connectivity index (χ3n) is 4.22. The zero-order valence-corrected chi connectivity index (χ0v) is 16.8. The molecule has 0 heterocycles. The fraction of sp³-hybridized carbons (Fsp3) is 1.00. The summed E-state index contributed by atoms with van der Waals surface area (Å²) >= 11 is 0. The summed E-state index contributed by atoms with van der Waals surface area (Å²) < 4.78 is 28.3. The highest BCUT2D eigenvalue weighted by atomic mass is 32.2. The molecular weight excluding hydrogens is 310 g/mol. The summed E-state index contributed by atoms with van der Waals surface area (Å²) in [6.07, 6.45) is 15.7. The molecule has 0 aromatic rings. The number of nitrogens with zero attached hydrogens (tertiary/aromatic N) is 1. The van der Waals surface area contributed by atoms with Crippen molar-refractivity contribution in [3.05, 3.63) is 0 Å². The molecule has 0 atom stereocenters. The van der Waals surface area contributed by atoms with E-state index in [-0.39, 0.29) is 10.4 Å². The van der Waals surface area contributed by atoms with E-state index in [1.54, 1.807) is 6.92 Å². The Bertz CT molecular complexity index is 366. The predicted octanol–water partition coefficient (Wildman–Crippen LogP) is 5.05. The van der Waals surface area contributed by atoms with Crippen molar-refractivity contribution >= 4 is 10.1 Å². The van der Waals surface area contributed by atoms with Gasteiger partial charge in [0.15, 0.2) is 0 Å². The molecule has 0 N–H and O–H groups in total. The Kier molecular flexibility index (Phi) is 13.1. The van der Waals surface area contributed by atoms with E-state index in [2.05, 4.69) is 6.92 Å². The number of rotatable bonds is 16. The van der Waals surface area contributed by atoms with E-state index in [4.69, 9.17) is 4.28 Å². The Hall–Kier alpha value is -0.130. The van der Waals surface area contributed by atoms with Crippen molar-refractivity contribution in [2.24, 2.45) is 0 Å². The average molecular weight is 351 g/mol. The summed E-state index contributed by atoms with van der Waals surface area (Å²) in [7, 11) is 0.251. The van der Waals surface area contributed by atoms with E-state index in [0.29, 0.717) is 0 Å². The van der Waals surface area contributed by atoms with Gasteiger partial charge in [0.05, 0.1) is 19.8 Å². The molecule has 0 aliphatic carbocycles. The summed E-state index contributed by atoms with van der Waals surface area (Å²) in [5.74, 6) is 0.0348. The third kappa shape index (κ3) is 15.2. The highest BCUT2D eigenvalue weighted by Crippen LogP contribution is 2.13. The molecule has 0 radical (unpaired) electrons. The molecule has 0 bridgehead atoms. The highest BCUT2D eigenvalue weighted by molar-refractivity contribution is 7.86. The first-order chi connectivity index (χ1) is 10.8. The Morgan fingerprint density at radius 1 is 0.696 bits per heavy atom. The average Bonchev–Trinajstić information content (AvgIpc) is 2.47. The van der Waals surface area contributed by atoms with Crippen LogP contribution in [-0.4, -0.2) is 39.5 Å². The van der Waals surface area contributed by atoms with Gasteiger partial charge in [0.2, 0.25) is 0 Å². The van der Waals surface area contributed by atoms with Gasteiger partial charge in [-0.05, 0) is 19.8 Å². The SMILES string of the molecule is CCCCCCCCCCCCCC[N+](C)(C)OS(=O)(=O)CC. The minimum atomic E-state index is -3.37. The Balaban J connectivity index is 3.45. The van der Waals surface area contributed by atoms with Crippen molar-refractivity contribution < 1.29 is 17.3 Å². The van der Waals surface area contributed by atoms with Crippen molar-refractivity contribution in [1.82, 2.24) is 0 Å². The second-order valence-corrected chi connectivity index (χ2v) is 8.95. The maximum Gasteiger partial charge on any atom is 0.313 e. The van der Waals surface area contributed by atoms with E-state index in [9.17, 15) is 8.42 Å². The fourth-order valence-electron chi connectivity index (χ4n) is 2.73. The molecule has 0 aromatic carbocycles. The van der Waals surface area contributed by atoms with Crippen LogP contribution in [0, 0.1) is 0 Å². The lowest BCUT2D eigenvalue weighted by molar-refractivity contribution is -1.05. The second-order valence-electron chi connectivity index (χ2n) is 7.11. The molecule has 0 rings (SSSR count). The van der Waals surface area contributed by atoms with Crippen LogP contribution in [-0.2, 0) is 14.4 Å². The van der Waals surface area contributed by atoms with Crippen LogP contribution in [0.4, 0.5) is 0 Å². The van der Waals surface area contributed by atoms with Crippen LogP contribution in [0.2, 0.25) is 0 Å². The van der Waals surface area contributed by atoms with Crippen molar-refractivity contribution in [1.29, 1.82) is 0 Å². The molecule has 0 unspecified atom stereocenters. The van der Waals surface area contributed by atoms with Crippen molar-refractivity contribution in [2.75, 3.05) is 26.4 Å². The normalized spacial score (nSPS) is 12.7. The topological polar surface area (TPSA) is 43.4 Å². The van der Waals surface area contributed by atoms with Crippen LogP contribution in [0.3, 0.4) is 0 Å². The second kappa shape index (κ2) is 13.2. The van der Waals surface area contributed by atoms with Gasteiger partial charge >= 0.3 is 10.1 Å². The summed E-state index contributed by atoms with van der Waals surface area (Å²) in [6, 6.07) is 0. The standard InChI is InChI=1S/C18H40NO3S/c1-5-7-8-9-10-11-12-13-14-15-16-17-18-19(3,4)22-23(20,21)6-2/h5-18H2,1-4H3/q+1. The Labute approximate surface area is 145 Å². The fourth-order valence-corrected chi connectivity index (χ4v) is 3.53. The minimum Gasteiger partial charge on any atom is -0.194 e. The van der Waals surface area contributed by atoms with Crippen LogP contribution >= 0.6 is 0 Å². The van der Waals surface area contributed by atoms with Crippen molar-refractivity contribution in [3.63, 3.8) is 0 Å². The number of hydroxylamine groups is 3. The van der Waals surface area contributed by atoms with Gasteiger partial charge in [0.25, 0.3) is 0 Å². The molecule has 0 fully saturated rings. The van der Waals surface area contributed by atoms with E-state index in [1.807, 2.05) is 14.1 Å². The van der Waals surface area contributed by atoms with Crippen LogP contribution < -0.4 is 0 Å². The van der Waals surface area contributed by atoms with Gasteiger partial charge in [-0.15, -0.1) is 0 Å². The Morgan fingerprint density at radius 2 is 1.09 bits per heavy atom. The molecule has 0 aliphatic heterocycles. The van der Waals surface area contributed by atoms with Crippen LogP contribution in [0.5, 0.6) is 0 Å². The van der Waals surface area contributed by atoms with E-state index >= 15 is 0 Å². The molecule has 4 nitrogen and oxygen atoms in total. The molecule has 0 aromatic heterocycles. The minimum absolute atomic E-state index is 0.0348. The molecule has 0 aliphatic rings. The van der Waals surface area contributed by atoms with Gasteiger partial charge in [-0.2, -0.15) is 13.1 Å². The Morgan fingerprint density at radius 3 is 1.48 bits per heavy atom. The van der Waals surface area contributed by atoms with Gasteiger partial charge in [-0.1, -0.05) is 75.4 Å². The first-order valence-electron chi connectivity index (χ1n) is 9.60. The van der Waals surface area contributed by atoms with Gasteiger partial charge in [-0.25, -0.2) is 0 Å². The molecular formula is C18H40NO3S+. The molecule has 5 heteroatoms. The number of hydrogen-bond acceptors (Lipinski definition) is 3. The van der Waals surface area contributed by atoms with Crippen molar-refractivity contribution in [3.8, 4) is 0 Å². The smallest absolute Gasteiger partial charge is 0.194 e. The molecule has 0 saturated heterocycles. The molecule has 0 saturated carbocycles. The first-order valence-corrected chi connectivity index (χ1v) is 11.2.